The molecule has 3 heteroatoms. The van der Waals surface area contributed by atoms with Crippen molar-refractivity contribution >= 4 is 0 Å². The summed E-state index contributed by atoms with van der Waals surface area (Å²) in [4.78, 5) is 4.28. The topological polar surface area (TPSA) is 26.7 Å². The fourth-order valence-corrected chi connectivity index (χ4v) is 1.24. The van der Waals surface area contributed by atoms with Crippen molar-refractivity contribution in [3.63, 3.8) is 0 Å². The zero-order valence-corrected chi connectivity index (χ0v) is 7.03. The number of aliphatic hydroxyl groups is 1. The molecular formula is C8H16N2O. The molecule has 64 valence electrons. The van der Waals surface area contributed by atoms with Gasteiger partial charge in [0.2, 0.25) is 0 Å². The fourth-order valence-electron chi connectivity index (χ4n) is 1.24. The Morgan fingerprint density at radius 3 is 2.36 bits per heavy atom. The van der Waals surface area contributed by atoms with Crippen LogP contribution in [0.1, 0.15) is 0 Å². The second-order valence-corrected chi connectivity index (χ2v) is 2.99. The molecule has 1 fully saturated rings. The van der Waals surface area contributed by atoms with Crippen LogP contribution in [0, 0.1) is 0 Å². The lowest BCUT2D eigenvalue weighted by Crippen LogP contribution is -2.48. The second kappa shape index (κ2) is 3.85. The first-order valence-electron chi connectivity index (χ1n) is 3.97. The van der Waals surface area contributed by atoms with E-state index in [9.17, 15) is 5.11 Å². The van der Waals surface area contributed by atoms with E-state index >= 15 is 0 Å². The molecule has 0 amide bonds. The number of piperazine rings is 1. The van der Waals surface area contributed by atoms with Gasteiger partial charge in [-0.2, -0.15) is 0 Å². The van der Waals surface area contributed by atoms with Gasteiger partial charge in [0, 0.05) is 26.2 Å². The molecule has 0 aromatic heterocycles. The highest BCUT2D eigenvalue weighted by atomic mass is 16.3. The highest BCUT2D eigenvalue weighted by Gasteiger charge is 2.17. The summed E-state index contributed by atoms with van der Waals surface area (Å²) in [7, 11) is 2.09. The van der Waals surface area contributed by atoms with Crippen molar-refractivity contribution in [3.8, 4) is 0 Å². The number of hydrogen-bond donors (Lipinski definition) is 1. The maximum absolute atomic E-state index is 9.36. The lowest BCUT2D eigenvalue weighted by molar-refractivity contribution is 0.0112. The summed E-state index contributed by atoms with van der Waals surface area (Å²) in [6, 6.07) is 0. The van der Waals surface area contributed by atoms with E-state index in [1.54, 1.807) is 6.08 Å². The average Bonchev–Trinajstić information content (AvgIpc) is 2.05. The number of hydrogen-bond acceptors (Lipinski definition) is 3. The fraction of sp³-hybridized carbons (Fsp3) is 0.750. The number of aliphatic hydroxyl groups excluding tert-OH is 1. The van der Waals surface area contributed by atoms with Crippen LogP contribution < -0.4 is 0 Å². The molecule has 0 radical (unpaired) electrons. The zero-order chi connectivity index (χ0) is 8.27. The van der Waals surface area contributed by atoms with E-state index in [1.807, 2.05) is 4.90 Å². The van der Waals surface area contributed by atoms with E-state index in [4.69, 9.17) is 0 Å². The lowest BCUT2D eigenvalue weighted by Gasteiger charge is -2.34. The molecule has 3 nitrogen and oxygen atoms in total. The monoisotopic (exact) mass is 156 g/mol. The summed E-state index contributed by atoms with van der Waals surface area (Å²) < 4.78 is 0. The van der Waals surface area contributed by atoms with Crippen molar-refractivity contribution in [1.82, 2.24) is 9.80 Å². The van der Waals surface area contributed by atoms with Crippen molar-refractivity contribution in [1.29, 1.82) is 0 Å². The molecule has 1 aliphatic rings. The summed E-state index contributed by atoms with van der Waals surface area (Å²) in [5, 5.41) is 9.36. The van der Waals surface area contributed by atoms with Gasteiger partial charge in [-0.1, -0.05) is 6.58 Å². The van der Waals surface area contributed by atoms with Crippen LogP contribution in [-0.4, -0.2) is 54.4 Å². The van der Waals surface area contributed by atoms with Gasteiger partial charge in [-0.05, 0) is 13.1 Å². The third kappa shape index (κ3) is 2.29. The van der Waals surface area contributed by atoms with Gasteiger partial charge in [0.25, 0.3) is 0 Å². The third-order valence-corrected chi connectivity index (χ3v) is 2.12. The van der Waals surface area contributed by atoms with E-state index in [0.29, 0.717) is 0 Å². The van der Waals surface area contributed by atoms with Crippen molar-refractivity contribution in [2.75, 3.05) is 33.2 Å². The molecule has 1 saturated heterocycles. The third-order valence-electron chi connectivity index (χ3n) is 2.12. The molecule has 1 aliphatic heterocycles. The first-order valence-corrected chi connectivity index (χ1v) is 3.97. The Balaban J connectivity index is 2.32. The van der Waals surface area contributed by atoms with Gasteiger partial charge < -0.3 is 10.0 Å². The minimum atomic E-state index is -0.455. The van der Waals surface area contributed by atoms with Gasteiger partial charge in [-0.3, -0.25) is 4.90 Å². The molecule has 11 heavy (non-hydrogen) atoms. The quantitative estimate of drug-likeness (QED) is 0.558. The molecule has 0 saturated carbocycles. The molecule has 1 unspecified atom stereocenters. The Morgan fingerprint density at radius 2 is 1.91 bits per heavy atom. The SMILES string of the molecule is C=CC(O)N1CCN(C)CC1. The number of likely N-dealkylation sites (N-methyl/N-ethyl adjacent to an activating group) is 1. The van der Waals surface area contributed by atoms with Crippen molar-refractivity contribution in [2.45, 2.75) is 6.23 Å². The Bertz CT molecular complexity index is 130. The van der Waals surface area contributed by atoms with E-state index < -0.39 is 6.23 Å². The van der Waals surface area contributed by atoms with E-state index in [2.05, 4.69) is 18.5 Å². The summed E-state index contributed by atoms with van der Waals surface area (Å²) in [6.07, 6.45) is 1.12. The summed E-state index contributed by atoms with van der Waals surface area (Å²) in [5.74, 6) is 0. The van der Waals surface area contributed by atoms with Gasteiger partial charge in [-0.15, -0.1) is 0 Å². The smallest absolute Gasteiger partial charge is 0.126 e. The Kier molecular flexibility index (Phi) is 3.05. The van der Waals surface area contributed by atoms with Crippen LogP contribution >= 0.6 is 0 Å². The molecule has 0 aromatic carbocycles. The summed E-state index contributed by atoms with van der Waals surface area (Å²) >= 11 is 0. The van der Waals surface area contributed by atoms with E-state index in [0.717, 1.165) is 26.2 Å². The van der Waals surface area contributed by atoms with Crippen LogP contribution in [-0.2, 0) is 0 Å². The van der Waals surface area contributed by atoms with E-state index in [-0.39, 0.29) is 0 Å². The highest BCUT2D eigenvalue weighted by molar-refractivity contribution is 4.81. The minimum absolute atomic E-state index is 0.455. The zero-order valence-electron chi connectivity index (χ0n) is 7.03. The van der Waals surface area contributed by atoms with Crippen molar-refractivity contribution in [2.24, 2.45) is 0 Å². The summed E-state index contributed by atoms with van der Waals surface area (Å²) in [6.45, 7) is 7.48. The Morgan fingerprint density at radius 1 is 1.36 bits per heavy atom. The molecule has 1 rings (SSSR count). The Hall–Kier alpha value is -0.380. The first kappa shape index (κ1) is 8.71. The maximum atomic E-state index is 9.36. The largest absolute Gasteiger partial charge is 0.375 e. The molecular weight excluding hydrogens is 140 g/mol. The van der Waals surface area contributed by atoms with E-state index in [1.165, 1.54) is 0 Å². The predicted molar refractivity (Wildman–Crippen MR) is 45.3 cm³/mol. The standard InChI is InChI=1S/C8H16N2O/c1-3-8(11)10-6-4-9(2)5-7-10/h3,8,11H,1,4-7H2,2H3. The van der Waals surface area contributed by atoms with Crippen LogP contribution in [0.5, 0.6) is 0 Å². The Labute approximate surface area is 67.9 Å². The average molecular weight is 156 g/mol. The molecule has 0 aromatic rings. The van der Waals surface area contributed by atoms with Crippen LogP contribution in [0.4, 0.5) is 0 Å². The number of rotatable bonds is 2. The van der Waals surface area contributed by atoms with Crippen LogP contribution in [0.15, 0.2) is 12.7 Å². The molecule has 1 heterocycles. The molecule has 0 aliphatic carbocycles. The lowest BCUT2D eigenvalue weighted by atomic mass is 10.3. The van der Waals surface area contributed by atoms with Gasteiger partial charge in [0.15, 0.2) is 0 Å². The number of nitrogens with zero attached hydrogens (tertiary/aromatic N) is 2. The van der Waals surface area contributed by atoms with Crippen molar-refractivity contribution < 1.29 is 5.11 Å². The van der Waals surface area contributed by atoms with Crippen LogP contribution in [0.25, 0.3) is 0 Å². The van der Waals surface area contributed by atoms with Crippen LogP contribution in [0.2, 0.25) is 0 Å². The molecule has 0 bridgehead atoms. The molecule has 1 atom stereocenters. The van der Waals surface area contributed by atoms with Crippen molar-refractivity contribution in [3.05, 3.63) is 12.7 Å². The maximum Gasteiger partial charge on any atom is 0.126 e. The van der Waals surface area contributed by atoms with Crippen LogP contribution in [0.3, 0.4) is 0 Å². The first-order chi connectivity index (χ1) is 5.24. The summed E-state index contributed by atoms with van der Waals surface area (Å²) in [5.41, 5.74) is 0. The second-order valence-electron chi connectivity index (χ2n) is 2.99. The van der Waals surface area contributed by atoms with Gasteiger partial charge in [0.05, 0.1) is 0 Å². The van der Waals surface area contributed by atoms with Gasteiger partial charge in [-0.25, -0.2) is 0 Å². The van der Waals surface area contributed by atoms with Gasteiger partial charge >= 0.3 is 0 Å². The molecule has 0 spiro atoms. The van der Waals surface area contributed by atoms with Gasteiger partial charge in [0.1, 0.15) is 6.23 Å². The minimum Gasteiger partial charge on any atom is -0.375 e. The highest BCUT2D eigenvalue weighted by Crippen LogP contribution is 2.02. The molecule has 1 N–H and O–H groups in total. The predicted octanol–water partition coefficient (Wildman–Crippen LogP) is -0.262. The normalized spacial score (nSPS) is 24.9.